The lowest BCUT2D eigenvalue weighted by molar-refractivity contribution is 0.0303. The number of carbonyl (C=O) groups is 1. The molecule has 0 aliphatic carbocycles. The Labute approximate surface area is 131 Å². The molecule has 6 nitrogen and oxygen atoms in total. The van der Waals surface area contributed by atoms with Crippen molar-refractivity contribution in [3.05, 3.63) is 41.5 Å². The minimum absolute atomic E-state index is 0.0577. The van der Waals surface area contributed by atoms with Gasteiger partial charge in [0, 0.05) is 24.2 Å². The number of hydrogen-bond acceptors (Lipinski definition) is 5. The zero-order chi connectivity index (χ0) is 14.9. The zero-order valence-corrected chi connectivity index (χ0v) is 12.6. The first-order valence-corrected chi connectivity index (χ1v) is 7.95. The van der Waals surface area contributed by atoms with Gasteiger partial charge in [0.05, 0.1) is 25.1 Å². The number of ether oxygens (including phenoxy) is 1. The van der Waals surface area contributed by atoms with Crippen molar-refractivity contribution in [2.45, 2.75) is 0 Å². The second kappa shape index (κ2) is 5.51. The quantitative estimate of drug-likeness (QED) is 0.725. The number of morpholine rings is 1. The third-order valence-electron chi connectivity index (χ3n) is 3.71. The summed E-state index contributed by atoms with van der Waals surface area (Å²) in [5, 5.41) is 4.17. The van der Waals surface area contributed by atoms with E-state index < -0.39 is 0 Å². The van der Waals surface area contributed by atoms with Gasteiger partial charge >= 0.3 is 0 Å². The molecule has 4 rings (SSSR count). The molecule has 1 fully saturated rings. The number of nitrogens with zero attached hydrogens (tertiary/aromatic N) is 4. The van der Waals surface area contributed by atoms with E-state index in [0.29, 0.717) is 31.9 Å². The molecule has 0 unspecified atom stereocenters. The summed E-state index contributed by atoms with van der Waals surface area (Å²) < 4.78 is 7.03. The van der Waals surface area contributed by atoms with Crippen LogP contribution in [-0.2, 0) is 4.74 Å². The number of carbonyl (C=O) groups excluding carboxylic acids is 1. The van der Waals surface area contributed by atoms with E-state index in [2.05, 4.69) is 10.1 Å². The number of rotatable bonds is 2. The minimum Gasteiger partial charge on any atom is -0.378 e. The van der Waals surface area contributed by atoms with Gasteiger partial charge in [-0.3, -0.25) is 4.79 Å². The molecule has 3 aromatic rings. The van der Waals surface area contributed by atoms with Crippen molar-refractivity contribution >= 4 is 22.2 Å². The Balaban J connectivity index is 1.57. The number of amides is 1. The second-order valence-electron chi connectivity index (χ2n) is 5.07. The molecule has 0 atom stereocenters. The van der Waals surface area contributed by atoms with Crippen molar-refractivity contribution in [1.82, 2.24) is 19.5 Å². The summed E-state index contributed by atoms with van der Waals surface area (Å²) in [4.78, 5) is 19.6. The maximum absolute atomic E-state index is 12.4. The normalized spacial score (nSPS) is 15.4. The smallest absolute Gasteiger partial charge is 0.254 e. The number of imidazole rings is 1. The van der Waals surface area contributed by atoms with Crippen molar-refractivity contribution in [3.63, 3.8) is 0 Å². The third-order valence-corrected chi connectivity index (χ3v) is 4.40. The molecule has 0 N–H and O–H groups in total. The van der Waals surface area contributed by atoms with Crippen LogP contribution in [0.3, 0.4) is 0 Å². The Kier molecular flexibility index (Phi) is 3.36. The van der Waals surface area contributed by atoms with Gasteiger partial charge in [-0.05, 0) is 12.1 Å². The largest absolute Gasteiger partial charge is 0.378 e. The van der Waals surface area contributed by atoms with Crippen molar-refractivity contribution in [2.75, 3.05) is 26.3 Å². The molecular formula is C15H14N4O2S. The van der Waals surface area contributed by atoms with Crippen LogP contribution in [0.25, 0.3) is 16.2 Å². The van der Waals surface area contributed by atoms with Crippen LogP contribution in [0.2, 0.25) is 0 Å². The fourth-order valence-electron chi connectivity index (χ4n) is 2.51. The first kappa shape index (κ1) is 13.4. The molecule has 7 heteroatoms. The minimum atomic E-state index is 0.0577. The Morgan fingerprint density at radius 3 is 2.68 bits per heavy atom. The lowest BCUT2D eigenvalue weighted by Crippen LogP contribution is -2.40. The fourth-order valence-corrected chi connectivity index (χ4v) is 3.11. The Morgan fingerprint density at radius 1 is 1.18 bits per heavy atom. The van der Waals surface area contributed by atoms with Crippen LogP contribution in [0.15, 0.2) is 36.0 Å². The molecule has 1 saturated heterocycles. The van der Waals surface area contributed by atoms with E-state index in [9.17, 15) is 4.79 Å². The first-order chi connectivity index (χ1) is 10.8. The average molecular weight is 314 g/mol. The van der Waals surface area contributed by atoms with Crippen LogP contribution in [0.1, 0.15) is 10.4 Å². The number of fused-ring (bicyclic) bond motifs is 1. The average Bonchev–Trinajstić information content (AvgIpc) is 3.17. The van der Waals surface area contributed by atoms with E-state index in [4.69, 9.17) is 4.74 Å². The SMILES string of the molecule is O=C(c1ccc(-c2cn3ncsc3n2)cc1)N1CCOCC1. The molecule has 0 bridgehead atoms. The topological polar surface area (TPSA) is 59.7 Å². The molecule has 1 aliphatic heterocycles. The lowest BCUT2D eigenvalue weighted by atomic mass is 10.1. The highest BCUT2D eigenvalue weighted by Gasteiger charge is 2.18. The Hall–Kier alpha value is -2.25. The van der Waals surface area contributed by atoms with E-state index in [1.807, 2.05) is 35.4 Å². The van der Waals surface area contributed by atoms with Gasteiger partial charge in [-0.2, -0.15) is 5.10 Å². The third kappa shape index (κ3) is 2.38. The van der Waals surface area contributed by atoms with Crippen molar-refractivity contribution < 1.29 is 9.53 Å². The van der Waals surface area contributed by atoms with Crippen LogP contribution in [0.5, 0.6) is 0 Å². The summed E-state index contributed by atoms with van der Waals surface area (Å²) in [7, 11) is 0. The lowest BCUT2D eigenvalue weighted by Gasteiger charge is -2.26. The van der Waals surface area contributed by atoms with Gasteiger partial charge in [-0.1, -0.05) is 23.5 Å². The molecule has 0 saturated carbocycles. The van der Waals surface area contributed by atoms with Crippen LogP contribution >= 0.6 is 11.3 Å². The van der Waals surface area contributed by atoms with Gasteiger partial charge < -0.3 is 9.64 Å². The summed E-state index contributed by atoms with van der Waals surface area (Å²) in [6.07, 6.45) is 1.89. The van der Waals surface area contributed by atoms with Crippen molar-refractivity contribution in [3.8, 4) is 11.3 Å². The number of hydrogen-bond donors (Lipinski definition) is 0. The van der Waals surface area contributed by atoms with Crippen LogP contribution < -0.4 is 0 Å². The second-order valence-corrected chi connectivity index (χ2v) is 5.89. The first-order valence-electron chi connectivity index (χ1n) is 7.07. The summed E-state index contributed by atoms with van der Waals surface area (Å²) in [6.45, 7) is 2.54. The standard InChI is InChI=1S/C15H14N4O2S/c20-14(18-5-7-21-8-6-18)12-3-1-11(2-4-12)13-9-19-15(17-13)22-10-16-19/h1-4,9-10H,5-8H2. The Morgan fingerprint density at radius 2 is 1.95 bits per heavy atom. The van der Waals surface area contributed by atoms with E-state index in [1.165, 1.54) is 11.3 Å². The van der Waals surface area contributed by atoms with Crippen LogP contribution in [0, 0.1) is 0 Å². The van der Waals surface area contributed by atoms with Gasteiger partial charge in [0.15, 0.2) is 0 Å². The molecule has 0 radical (unpaired) electrons. The molecule has 1 amide bonds. The number of aromatic nitrogens is 3. The highest BCUT2D eigenvalue weighted by Crippen LogP contribution is 2.21. The van der Waals surface area contributed by atoms with E-state index in [0.717, 1.165) is 16.2 Å². The maximum atomic E-state index is 12.4. The summed E-state index contributed by atoms with van der Waals surface area (Å²) in [6, 6.07) is 7.57. The molecule has 112 valence electrons. The summed E-state index contributed by atoms with van der Waals surface area (Å²) in [5.74, 6) is 0.0577. The molecule has 22 heavy (non-hydrogen) atoms. The molecule has 2 aromatic heterocycles. The molecule has 3 heterocycles. The molecule has 0 spiro atoms. The molecule has 1 aliphatic rings. The van der Waals surface area contributed by atoms with Crippen molar-refractivity contribution in [1.29, 1.82) is 0 Å². The fraction of sp³-hybridized carbons (Fsp3) is 0.267. The van der Waals surface area contributed by atoms with Gasteiger partial charge in [0.1, 0.15) is 5.51 Å². The highest BCUT2D eigenvalue weighted by molar-refractivity contribution is 7.14. The molecule has 1 aromatic carbocycles. The monoisotopic (exact) mass is 314 g/mol. The highest BCUT2D eigenvalue weighted by atomic mass is 32.1. The van der Waals surface area contributed by atoms with Gasteiger partial charge in [-0.15, -0.1) is 0 Å². The maximum Gasteiger partial charge on any atom is 0.254 e. The van der Waals surface area contributed by atoms with E-state index >= 15 is 0 Å². The zero-order valence-electron chi connectivity index (χ0n) is 11.8. The summed E-state index contributed by atoms with van der Waals surface area (Å²) in [5.41, 5.74) is 4.31. The summed E-state index contributed by atoms with van der Waals surface area (Å²) >= 11 is 1.50. The predicted octanol–water partition coefficient (Wildman–Crippen LogP) is 1.93. The van der Waals surface area contributed by atoms with Gasteiger partial charge in [0.2, 0.25) is 4.96 Å². The van der Waals surface area contributed by atoms with Crippen molar-refractivity contribution in [2.24, 2.45) is 0 Å². The van der Waals surface area contributed by atoms with Crippen LogP contribution in [-0.4, -0.2) is 51.7 Å². The Bertz CT molecular complexity index is 774. The number of benzene rings is 1. The van der Waals surface area contributed by atoms with Gasteiger partial charge in [-0.25, -0.2) is 9.50 Å². The van der Waals surface area contributed by atoms with Crippen LogP contribution in [0.4, 0.5) is 0 Å². The predicted molar refractivity (Wildman–Crippen MR) is 83.0 cm³/mol. The van der Waals surface area contributed by atoms with E-state index in [1.54, 1.807) is 10.0 Å². The van der Waals surface area contributed by atoms with E-state index in [-0.39, 0.29) is 5.91 Å². The molecular weight excluding hydrogens is 300 g/mol. The van der Waals surface area contributed by atoms with Gasteiger partial charge in [0.25, 0.3) is 5.91 Å².